The van der Waals surface area contributed by atoms with Gasteiger partial charge in [-0.3, -0.25) is 14.4 Å². The van der Waals surface area contributed by atoms with E-state index in [9.17, 15) is 14.4 Å². The molecular formula is C57H108O6. The maximum absolute atomic E-state index is 12.8. The van der Waals surface area contributed by atoms with Gasteiger partial charge in [0.2, 0.25) is 0 Å². The molecule has 0 saturated heterocycles. The Hall–Kier alpha value is -1.85. The minimum atomic E-state index is -0.765. The van der Waals surface area contributed by atoms with E-state index >= 15 is 0 Å². The molecule has 0 fully saturated rings. The van der Waals surface area contributed by atoms with Gasteiger partial charge in [0.25, 0.3) is 0 Å². The van der Waals surface area contributed by atoms with Crippen LogP contribution in [0.2, 0.25) is 0 Å². The van der Waals surface area contributed by atoms with Gasteiger partial charge in [-0.1, -0.05) is 264 Å². The van der Waals surface area contributed by atoms with Crippen molar-refractivity contribution in [3.63, 3.8) is 0 Å². The van der Waals surface area contributed by atoms with Crippen molar-refractivity contribution in [2.75, 3.05) is 13.2 Å². The van der Waals surface area contributed by atoms with E-state index in [2.05, 4.69) is 32.9 Å². The zero-order valence-corrected chi connectivity index (χ0v) is 42.6. The number of rotatable bonds is 52. The molecule has 0 aliphatic rings. The topological polar surface area (TPSA) is 78.9 Å². The highest BCUT2D eigenvalue weighted by atomic mass is 16.6. The molecule has 0 aromatic heterocycles. The summed E-state index contributed by atoms with van der Waals surface area (Å²) < 4.78 is 16.9. The first-order chi connectivity index (χ1) is 31.0. The van der Waals surface area contributed by atoms with Gasteiger partial charge in [-0.2, -0.15) is 0 Å². The van der Waals surface area contributed by atoms with E-state index in [1.807, 2.05) is 0 Å². The highest BCUT2D eigenvalue weighted by molar-refractivity contribution is 5.71. The van der Waals surface area contributed by atoms with Crippen molar-refractivity contribution in [2.24, 2.45) is 0 Å². The van der Waals surface area contributed by atoms with Crippen LogP contribution in [-0.4, -0.2) is 37.2 Å². The maximum atomic E-state index is 12.8. The molecule has 0 aliphatic carbocycles. The molecule has 372 valence electrons. The quantitative estimate of drug-likeness (QED) is 0.0262. The van der Waals surface area contributed by atoms with Crippen LogP contribution in [0.4, 0.5) is 0 Å². The Labute approximate surface area is 392 Å². The smallest absolute Gasteiger partial charge is 0.306 e. The monoisotopic (exact) mass is 889 g/mol. The van der Waals surface area contributed by atoms with Crippen LogP contribution < -0.4 is 0 Å². The number of allylic oxidation sites excluding steroid dienone is 2. The molecule has 0 aromatic rings. The lowest BCUT2D eigenvalue weighted by molar-refractivity contribution is -0.167. The molecule has 0 rings (SSSR count). The Bertz CT molecular complexity index is 978. The van der Waals surface area contributed by atoms with Gasteiger partial charge in [-0.25, -0.2) is 0 Å². The van der Waals surface area contributed by atoms with Crippen LogP contribution in [-0.2, 0) is 28.6 Å². The van der Waals surface area contributed by atoms with Crippen LogP contribution in [0, 0.1) is 0 Å². The number of hydrogen-bond acceptors (Lipinski definition) is 6. The van der Waals surface area contributed by atoms with Gasteiger partial charge in [0.05, 0.1) is 0 Å². The Morgan fingerprint density at radius 1 is 0.302 bits per heavy atom. The van der Waals surface area contributed by atoms with Crippen molar-refractivity contribution in [3.8, 4) is 0 Å². The minimum absolute atomic E-state index is 0.0653. The Kier molecular flexibility index (Phi) is 51.2. The molecule has 0 saturated carbocycles. The summed E-state index contributed by atoms with van der Waals surface area (Å²) in [6.07, 6.45) is 59.1. The predicted octanol–water partition coefficient (Wildman–Crippen LogP) is 18.5. The van der Waals surface area contributed by atoms with E-state index in [1.165, 1.54) is 218 Å². The molecule has 6 heteroatoms. The predicted molar refractivity (Wildman–Crippen MR) is 270 cm³/mol. The van der Waals surface area contributed by atoms with E-state index in [4.69, 9.17) is 14.2 Å². The third-order valence-corrected chi connectivity index (χ3v) is 12.8. The number of carbonyl (C=O) groups excluding carboxylic acids is 3. The second-order valence-corrected chi connectivity index (χ2v) is 19.2. The SMILES string of the molecule is CCCCCC/C=C/CCCCCCCCCC(=O)OC[C@@H](COC(=O)CCCCCCCCCCCCCCCCC)OC(=O)CCCCCCCCCCCCCCCCC. The molecular weight excluding hydrogens is 781 g/mol. The molecule has 0 heterocycles. The van der Waals surface area contributed by atoms with Crippen LogP contribution >= 0.6 is 0 Å². The summed E-state index contributed by atoms with van der Waals surface area (Å²) in [5.41, 5.74) is 0. The molecule has 6 nitrogen and oxygen atoms in total. The molecule has 0 aromatic carbocycles. The molecule has 0 unspecified atom stereocenters. The Morgan fingerprint density at radius 2 is 0.524 bits per heavy atom. The highest BCUT2D eigenvalue weighted by Crippen LogP contribution is 2.17. The van der Waals surface area contributed by atoms with Gasteiger partial charge in [-0.05, 0) is 44.9 Å². The average molecular weight is 889 g/mol. The van der Waals surface area contributed by atoms with Crippen molar-refractivity contribution in [3.05, 3.63) is 12.2 Å². The van der Waals surface area contributed by atoms with E-state index < -0.39 is 6.10 Å². The molecule has 0 radical (unpaired) electrons. The fourth-order valence-electron chi connectivity index (χ4n) is 8.50. The van der Waals surface area contributed by atoms with E-state index in [-0.39, 0.29) is 31.1 Å². The summed E-state index contributed by atoms with van der Waals surface area (Å²) in [6, 6.07) is 0. The van der Waals surface area contributed by atoms with Crippen LogP contribution in [0.25, 0.3) is 0 Å². The molecule has 0 bridgehead atoms. The zero-order valence-electron chi connectivity index (χ0n) is 42.6. The number of unbranched alkanes of at least 4 members (excludes halogenated alkanes) is 39. The normalized spacial score (nSPS) is 12.0. The fourth-order valence-corrected chi connectivity index (χ4v) is 8.50. The first-order valence-electron chi connectivity index (χ1n) is 28.2. The lowest BCUT2D eigenvalue weighted by Gasteiger charge is -2.18. The van der Waals surface area contributed by atoms with Gasteiger partial charge in [0, 0.05) is 19.3 Å². The first kappa shape index (κ1) is 61.1. The van der Waals surface area contributed by atoms with Crippen LogP contribution in [0.15, 0.2) is 12.2 Å². The van der Waals surface area contributed by atoms with Crippen LogP contribution in [0.5, 0.6) is 0 Å². The number of esters is 3. The van der Waals surface area contributed by atoms with Gasteiger partial charge < -0.3 is 14.2 Å². The zero-order chi connectivity index (χ0) is 45.8. The van der Waals surface area contributed by atoms with Crippen molar-refractivity contribution in [1.29, 1.82) is 0 Å². The van der Waals surface area contributed by atoms with Gasteiger partial charge >= 0.3 is 17.9 Å². The summed E-state index contributed by atoms with van der Waals surface area (Å²) in [7, 11) is 0. The molecule has 1 atom stereocenters. The van der Waals surface area contributed by atoms with Crippen LogP contribution in [0.1, 0.15) is 316 Å². The van der Waals surface area contributed by atoms with Crippen molar-refractivity contribution in [2.45, 2.75) is 322 Å². The molecule has 0 amide bonds. The number of hydrogen-bond donors (Lipinski definition) is 0. The second-order valence-electron chi connectivity index (χ2n) is 19.2. The average Bonchev–Trinajstić information content (AvgIpc) is 3.28. The fraction of sp³-hybridized carbons (Fsp3) is 0.912. The summed E-state index contributed by atoms with van der Waals surface area (Å²) in [4.78, 5) is 38.1. The van der Waals surface area contributed by atoms with Gasteiger partial charge in [0.15, 0.2) is 6.10 Å². The summed E-state index contributed by atoms with van der Waals surface area (Å²) in [5, 5.41) is 0. The maximum Gasteiger partial charge on any atom is 0.306 e. The third kappa shape index (κ3) is 51.0. The summed E-state index contributed by atoms with van der Waals surface area (Å²) >= 11 is 0. The standard InChI is InChI=1S/C57H108O6/c1-4-7-10-13-16-19-22-25-28-31-34-37-40-43-46-49-55(58)61-52-54(63-57(60)51-48-45-42-39-36-33-30-27-24-21-18-15-12-9-6-3)53-62-56(59)50-47-44-41-38-35-32-29-26-23-20-17-14-11-8-5-2/h19,22,54H,4-18,20-21,23-53H2,1-3H3/b22-19+/t54-/m0/s1. The first-order valence-corrected chi connectivity index (χ1v) is 28.2. The van der Waals surface area contributed by atoms with Crippen molar-refractivity contribution in [1.82, 2.24) is 0 Å². The lowest BCUT2D eigenvalue weighted by Crippen LogP contribution is -2.30. The van der Waals surface area contributed by atoms with E-state index in [0.29, 0.717) is 19.3 Å². The minimum Gasteiger partial charge on any atom is -0.462 e. The van der Waals surface area contributed by atoms with E-state index in [1.54, 1.807) is 0 Å². The Morgan fingerprint density at radius 3 is 0.810 bits per heavy atom. The summed E-state index contributed by atoms with van der Waals surface area (Å²) in [5.74, 6) is -0.847. The lowest BCUT2D eigenvalue weighted by atomic mass is 10.0. The highest BCUT2D eigenvalue weighted by Gasteiger charge is 2.19. The van der Waals surface area contributed by atoms with Gasteiger partial charge in [0.1, 0.15) is 13.2 Å². The molecule has 0 N–H and O–H groups in total. The summed E-state index contributed by atoms with van der Waals surface area (Å²) in [6.45, 7) is 6.68. The molecule has 0 aliphatic heterocycles. The van der Waals surface area contributed by atoms with Gasteiger partial charge in [-0.15, -0.1) is 0 Å². The number of ether oxygens (including phenoxy) is 3. The Balaban J connectivity index is 4.32. The van der Waals surface area contributed by atoms with Crippen LogP contribution in [0.3, 0.4) is 0 Å². The second kappa shape index (κ2) is 52.8. The van der Waals surface area contributed by atoms with Crippen molar-refractivity contribution < 1.29 is 28.6 Å². The number of carbonyl (C=O) groups is 3. The molecule has 63 heavy (non-hydrogen) atoms. The van der Waals surface area contributed by atoms with E-state index in [0.717, 1.165) is 57.8 Å². The van der Waals surface area contributed by atoms with Crippen molar-refractivity contribution >= 4 is 17.9 Å². The molecule has 0 spiro atoms. The third-order valence-electron chi connectivity index (χ3n) is 12.8. The largest absolute Gasteiger partial charge is 0.462 e.